The van der Waals surface area contributed by atoms with Crippen LogP contribution in [0.3, 0.4) is 0 Å². The van der Waals surface area contributed by atoms with Crippen LogP contribution in [-0.4, -0.2) is 29.4 Å². The van der Waals surface area contributed by atoms with Crippen molar-refractivity contribution < 1.29 is 27.1 Å². The Balaban J connectivity index is 1.84. The Morgan fingerprint density at radius 1 is 1.44 bits per heavy atom. The van der Waals surface area contributed by atoms with E-state index in [0.29, 0.717) is 30.3 Å². The van der Waals surface area contributed by atoms with Gasteiger partial charge < -0.3 is 14.1 Å². The van der Waals surface area contributed by atoms with Crippen molar-refractivity contribution in [1.82, 2.24) is 9.88 Å². The average molecular weight is 375 g/mol. The van der Waals surface area contributed by atoms with E-state index in [9.17, 15) is 18.0 Å². The molecule has 25 heavy (non-hydrogen) atoms. The highest BCUT2D eigenvalue weighted by Crippen LogP contribution is 2.32. The van der Waals surface area contributed by atoms with Gasteiger partial charge in [0.2, 0.25) is 5.89 Å². The lowest BCUT2D eigenvalue weighted by atomic mass is 10.1. The smallest absolute Gasteiger partial charge is 0.416 e. The third-order valence-corrected chi connectivity index (χ3v) is 4.18. The SMILES string of the molecule is COCc1nc2c(o1)CCN(C(=O)c1cc(C(F)(F)F)ccc1Cl)C2. The molecular weight excluding hydrogens is 361 g/mol. The zero-order valence-corrected chi connectivity index (χ0v) is 13.9. The number of ether oxygens (including phenoxy) is 1. The summed E-state index contributed by atoms with van der Waals surface area (Å²) in [5, 5.41) is -0.0241. The summed E-state index contributed by atoms with van der Waals surface area (Å²) >= 11 is 5.94. The fourth-order valence-electron chi connectivity index (χ4n) is 2.65. The highest BCUT2D eigenvalue weighted by molar-refractivity contribution is 6.33. The molecule has 1 amide bonds. The Labute approximate surface area is 146 Å². The summed E-state index contributed by atoms with van der Waals surface area (Å²) in [7, 11) is 1.51. The maximum absolute atomic E-state index is 12.9. The van der Waals surface area contributed by atoms with Crippen LogP contribution in [0.1, 0.15) is 33.3 Å². The van der Waals surface area contributed by atoms with Gasteiger partial charge in [-0.2, -0.15) is 13.2 Å². The minimum absolute atomic E-state index is 0.0241. The van der Waals surface area contributed by atoms with E-state index in [4.69, 9.17) is 20.8 Å². The van der Waals surface area contributed by atoms with E-state index in [0.717, 1.165) is 18.2 Å². The van der Waals surface area contributed by atoms with Crippen LogP contribution in [-0.2, 0) is 30.5 Å². The maximum atomic E-state index is 12.9. The normalized spacial score (nSPS) is 14.5. The Morgan fingerprint density at radius 2 is 2.20 bits per heavy atom. The first-order valence-corrected chi connectivity index (χ1v) is 7.80. The van der Waals surface area contributed by atoms with Crippen molar-refractivity contribution in [2.24, 2.45) is 0 Å². The molecule has 0 aliphatic carbocycles. The quantitative estimate of drug-likeness (QED) is 0.822. The number of aromatic nitrogens is 1. The van der Waals surface area contributed by atoms with Crippen LogP contribution in [0.25, 0.3) is 0 Å². The van der Waals surface area contributed by atoms with Crippen molar-refractivity contribution in [3.63, 3.8) is 0 Å². The minimum Gasteiger partial charge on any atom is -0.443 e. The van der Waals surface area contributed by atoms with Gasteiger partial charge in [0.15, 0.2) is 0 Å². The second-order valence-electron chi connectivity index (χ2n) is 5.58. The molecule has 3 rings (SSSR count). The number of hydrogen-bond donors (Lipinski definition) is 0. The fourth-order valence-corrected chi connectivity index (χ4v) is 2.84. The lowest BCUT2D eigenvalue weighted by Gasteiger charge is -2.26. The summed E-state index contributed by atoms with van der Waals surface area (Å²) in [5.74, 6) is 0.489. The number of hydrogen-bond acceptors (Lipinski definition) is 4. The largest absolute Gasteiger partial charge is 0.443 e. The van der Waals surface area contributed by atoms with Crippen LogP contribution >= 0.6 is 11.6 Å². The van der Waals surface area contributed by atoms with Crippen LogP contribution in [0.4, 0.5) is 13.2 Å². The summed E-state index contributed by atoms with van der Waals surface area (Å²) in [6.45, 7) is 0.661. The van der Waals surface area contributed by atoms with Gasteiger partial charge in [0.1, 0.15) is 18.1 Å². The average Bonchev–Trinajstić information content (AvgIpc) is 2.95. The molecule has 5 nitrogen and oxygen atoms in total. The van der Waals surface area contributed by atoms with Gasteiger partial charge in [0, 0.05) is 20.1 Å². The number of nitrogens with zero attached hydrogens (tertiary/aromatic N) is 2. The fraction of sp³-hybridized carbons (Fsp3) is 0.375. The minimum atomic E-state index is -4.55. The summed E-state index contributed by atoms with van der Waals surface area (Å²) in [5.41, 5.74) is -0.517. The van der Waals surface area contributed by atoms with Gasteiger partial charge in [-0.05, 0) is 18.2 Å². The number of alkyl halides is 3. The Hall–Kier alpha value is -2.06. The van der Waals surface area contributed by atoms with Crippen molar-refractivity contribution in [2.75, 3.05) is 13.7 Å². The van der Waals surface area contributed by atoms with Crippen molar-refractivity contribution in [1.29, 1.82) is 0 Å². The first kappa shape index (κ1) is 17.8. The predicted octanol–water partition coefficient (Wildman–Crippen LogP) is 3.69. The predicted molar refractivity (Wildman–Crippen MR) is 82.1 cm³/mol. The van der Waals surface area contributed by atoms with E-state index in [-0.39, 0.29) is 23.7 Å². The molecule has 0 atom stereocenters. The van der Waals surface area contributed by atoms with E-state index < -0.39 is 17.6 Å². The molecule has 2 aromatic rings. The van der Waals surface area contributed by atoms with Gasteiger partial charge in [0.05, 0.1) is 22.7 Å². The first-order valence-electron chi connectivity index (χ1n) is 7.42. The number of carbonyl (C=O) groups excluding carboxylic acids is 1. The number of carbonyl (C=O) groups is 1. The number of methoxy groups -OCH3 is 1. The van der Waals surface area contributed by atoms with Gasteiger partial charge in [-0.3, -0.25) is 4.79 Å². The molecule has 0 fully saturated rings. The molecule has 1 aromatic heterocycles. The zero-order chi connectivity index (χ0) is 18.2. The molecule has 0 bridgehead atoms. The van der Waals surface area contributed by atoms with E-state index in [1.165, 1.54) is 12.0 Å². The molecule has 0 saturated carbocycles. The standard InChI is InChI=1S/C16H14ClF3N2O3/c1-24-8-14-21-12-7-22(5-4-13(12)25-14)15(23)10-6-9(16(18,19)20)2-3-11(10)17/h2-3,6H,4-5,7-8H2,1H3. The molecule has 1 aromatic carbocycles. The second kappa shape index (κ2) is 6.68. The maximum Gasteiger partial charge on any atom is 0.416 e. The molecule has 2 heterocycles. The molecule has 0 spiro atoms. The van der Waals surface area contributed by atoms with E-state index >= 15 is 0 Å². The Kier molecular flexibility index (Phi) is 4.75. The highest BCUT2D eigenvalue weighted by Gasteiger charge is 2.33. The Morgan fingerprint density at radius 3 is 2.88 bits per heavy atom. The van der Waals surface area contributed by atoms with Crippen molar-refractivity contribution in [3.8, 4) is 0 Å². The molecule has 9 heteroatoms. The Bertz CT molecular complexity index is 804. The molecule has 1 aliphatic heterocycles. The van der Waals surface area contributed by atoms with Gasteiger partial charge in [-0.25, -0.2) is 4.98 Å². The molecular formula is C16H14ClF3N2O3. The van der Waals surface area contributed by atoms with Gasteiger partial charge in [-0.15, -0.1) is 0 Å². The number of benzene rings is 1. The monoisotopic (exact) mass is 374 g/mol. The number of amides is 1. The van der Waals surface area contributed by atoms with Gasteiger partial charge in [-0.1, -0.05) is 11.6 Å². The van der Waals surface area contributed by atoms with Crippen molar-refractivity contribution in [2.45, 2.75) is 25.7 Å². The first-order chi connectivity index (χ1) is 11.8. The summed E-state index contributed by atoms with van der Waals surface area (Å²) in [6.07, 6.45) is -4.12. The molecule has 0 radical (unpaired) electrons. The summed E-state index contributed by atoms with van der Waals surface area (Å²) in [6, 6.07) is 2.71. The number of halogens is 4. The van der Waals surface area contributed by atoms with E-state index in [1.807, 2.05) is 0 Å². The van der Waals surface area contributed by atoms with Crippen molar-refractivity contribution >= 4 is 17.5 Å². The molecule has 134 valence electrons. The lowest BCUT2D eigenvalue weighted by Crippen LogP contribution is -2.36. The van der Waals surface area contributed by atoms with E-state index in [2.05, 4.69) is 4.98 Å². The van der Waals surface area contributed by atoms with Crippen LogP contribution < -0.4 is 0 Å². The molecule has 1 aliphatic rings. The van der Waals surface area contributed by atoms with E-state index in [1.54, 1.807) is 0 Å². The number of oxazole rings is 1. The van der Waals surface area contributed by atoms with Gasteiger partial charge in [0.25, 0.3) is 5.91 Å². The van der Waals surface area contributed by atoms with Crippen LogP contribution in [0.2, 0.25) is 5.02 Å². The van der Waals surface area contributed by atoms with Gasteiger partial charge >= 0.3 is 6.18 Å². The highest BCUT2D eigenvalue weighted by atomic mass is 35.5. The number of fused-ring (bicyclic) bond motifs is 1. The second-order valence-corrected chi connectivity index (χ2v) is 5.99. The lowest BCUT2D eigenvalue weighted by molar-refractivity contribution is -0.137. The topological polar surface area (TPSA) is 55.6 Å². The number of rotatable bonds is 3. The third-order valence-electron chi connectivity index (χ3n) is 3.85. The van der Waals surface area contributed by atoms with Crippen molar-refractivity contribution in [3.05, 3.63) is 51.7 Å². The van der Waals surface area contributed by atoms with Crippen LogP contribution in [0.15, 0.2) is 22.6 Å². The summed E-state index contributed by atoms with van der Waals surface area (Å²) in [4.78, 5) is 18.3. The van der Waals surface area contributed by atoms with Crippen LogP contribution in [0, 0.1) is 0 Å². The molecule has 0 unspecified atom stereocenters. The summed E-state index contributed by atoms with van der Waals surface area (Å²) < 4.78 is 49.1. The zero-order valence-electron chi connectivity index (χ0n) is 13.2. The third kappa shape index (κ3) is 3.64. The van der Waals surface area contributed by atoms with Crippen LogP contribution in [0.5, 0.6) is 0 Å². The molecule has 0 N–H and O–H groups in total. The molecule has 0 saturated heterocycles.